The highest BCUT2D eigenvalue weighted by molar-refractivity contribution is 5.73. The highest BCUT2D eigenvalue weighted by atomic mass is 15.2. The number of nitrogens with zero attached hydrogens (tertiary/aromatic N) is 1. The van der Waals surface area contributed by atoms with Crippen LogP contribution in [0.3, 0.4) is 0 Å². The smallest absolute Gasteiger partial charge is 0.0530 e. The minimum absolute atomic E-state index is 0.0665. The van der Waals surface area contributed by atoms with Gasteiger partial charge in [-0.1, -0.05) is 30.4 Å². The third-order valence-corrected chi connectivity index (χ3v) is 3.74. The number of para-hydroxylation sites is 1. The minimum Gasteiger partial charge on any atom is -0.399 e. The number of allylic oxidation sites excluding steroid dienone is 4. The van der Waals surface area contributed by atoms with Gasteiger partial charge in [-0.15, -0.1) is 0 Å². The Morgan fingerprint density at radius 2 is 2.00 bits per heavy atom. The molecule has 0 spiro atoms. The average molecular weight is 224 g/mol. The molecule has 1 unspecified atom stereocenters. The second-order valence-corrected chi connectivity index (χ2v) is 4.83. The fraction of sp³-hybridized carbons (Fsp3) is 0.200. The van der Waals surface area contributed by atoms with Crippen molar-refractivity contribution < 1.29 is 0 Å². The van der Waals surface area contributed by atoms with Gasteiger partial charge in [0.2, 0.25) is 0 Å². The lowest BCUT2D eigenvalue weighted by molar-refractivity contribution is 0.722. The van der Waals surface area contributed by atoms with E-state index in [0.29, 0.717) is 0 Å². The molecule has 17 heavy (non-hydrogen) atoms. The molecule has 0 aromatic heterocycles. The summed E-state index contributed by atoms with van der Waals surface area (Å²) in [6.07, 6.45) is 8.29. The van der Waals surface area contributed by atoms with Gasteiger partial charge >= 0.3 is 0 Å². The molecule has 0 fully saturated rings. The molecule has 1 heterocycles. The lowest BCUT2D eigenvalue weighted by Gasteiger charge is -2.24. The zero-order valence-electron chi connectivity index (χ0n) is 10.1. The quantitative estimate of drug-likeness (QED) is 0.734. The Labute approximate surface area is 102 Å². The summed E-state index contributed by atoms with van der Waals surface area (Å²) in [4.78, 5) is 2.23. The standard InChI is InChI=1S/C15H16N2/c1-15-9-5-6-11(16)10-14(15)17(2)13-8-4-3-7-12(13)15/h3-10H,16H2,1-2H3. The molecular formula is C15H16N2. The van der Waals surface area contributed by atoms with Crippen molar-refractivity contribution in [3.05, 3.63) is 65.5 Å². The molecule has 86 valence electrons. The van der Waals surface area contributed by atoms with Crippen LogP contribution in [0.2, 0.25) is 0 Å². The van der Waals surface area contributed by atoms with E-state index >= 15 is 0 Å². The van der Waals surface area contributed by atoms with Crippen LogP contribution in [-0.2, 0) is 5.41 Å². The van der Waals surface area contributed by atoms with E-state index in [4.69, 9.17) is 5.73 Å². The summed E-state index contributed by atoms with van der Waals surface area (Å²) < 4.78 is 0. The van der Waals surface area contributed by atoms with Crippen LogP contribution in [0.15, 0.2) is 60.0 Å². The van der Waals surface area contributed by atoms with E-state index in [1.54, 1.807) is 0 Å². The lowest BCUT2D eigenvalue weighted by Crippen LogP contribution is -2.24. The lowest BCUT2D eigenvalue weighted by atomic mass is 9.81. The van der Waals surface area contributed by atoms with Crippen molar-refractivity contribution in [3.8, 4) is 0 Å². The van der Waals surface area contributed by atoms with Crippen LogP contribution in [0.25, 0.3) is 0 Å². The summed E-state index contributed by atoms with van der Waals surface area (Å²) in [6, 6.07) is 8.52. The first kappa shape index (κ1) is 10.2. The van der Waals surface area contributed by atoms with Crippen LogP contribution >= 0.6 is 0 Å². The third-order valence-electron chi connectivity index (χ3n) is 3.74. The van der Waals surface area contributed by atoms with E-state index in [9.17, 15) is 0 Å². The van der Waals surface area contributed by atoms with Crippen LogP contribution in [0, 0.1) is 0 Å². The summed E-state index contributed by atoms with van der Waals surface area (Å²) in [6.45, 7) is 2.24. The van der Waals surface area contributed by atoms with Crippen molar-refractivity contribution in [2.75, 3.05) is 11.9 Å². The zero-order chi connectivity index (χ0) is 12.0. The number of hydrogen-bond acceptors (Lipinski definition) is 2. The number of rotatable bonds is 0. The molecule has 3 rings (SSSR count). The van der Waals surface area contributed by atoms with Crippen molar-refractivity contribution in [2.24, 2.45) is 5.73 Å². The maximum atomic E-state index is 5.95. The highest BCUT2D eigenvalue weighted by Gasteiger charge is 2.40. The van der Waals surface area contributed by atoms with E-state index in [-0.39, 0.29) is 5.41 Å². The van der Waals surface area contributed by atoms with E-state index < -0.39 is 0 Å². The molecule has 2 N–H and O–H groups in total. The first-order valence-corrected chi connectivity index (χ1v) is 5.83. The molecule has 1 aromatic rings. The van der Waals surface area contributed by atoms with Gasteiger partial charge in [0, 0.05) is 24.1 Å². The van der Waals surface area contributed by atoms with Gasteiger partial charge in [0.05, 0.1) is 5.41 Å². The number of likely N-dealkylation sites (N-methyl/N-ethyl adjacent to an activating group) is 1. The maximum absolute atomic E-state index is 5.95. The fourth-order valence-corrected chi connectivity index (χ4v) is 2.80. The van der Waals surface area contributed by atoms with Crippen LogP contribution in [0.4, 0.5) is 5.69 Å². The third kappa shape index (κ3) is 1.27. The number of nitrogens with two attached hydrogens (primary N) is 1. The van der Waals surface area contributed by atoms with E-state index in [1.807, 2.05) is 6.08 Å². The van der Waals surface area contributed by atoms with Gasteiger partial charge in [0.25, 0.3) is 0 Å². The largest absolute Gasteiger partial charge is 0.399 e. The van der Waals surface area contributed by atoms with E-state index in [2.05, 4.69) is 61.4 Å². The molecule has 0 radical (unpaired) electrons. The normalized spacial score (nSPS) is 25.9. The van der Waals surface area contributed by atoms with Gasteiger partial charge < -0.3 is 10.6 Å². The molecule has 1 aliphatic heterocycles. The second-order valence-electron chi connectivity index (χ2n) is 4.83. The summed E-state index contributed by atoms with van der Waals surface area (Å²) >= 11 is 0. The Hall–Kier alpha value is -1.96. The summed E-state index contributed by atoms with van der Waals surface area (Å²) in [5.74, 6) is 0. The molecule has 0 saturated carbocycles. The van der Waals surface area contributed by atoms with Crippen LogP contribution in [-0.4, -0.2) is 7.05 Å². The monoisotopic (exact) mass is 224 g/mol. The maximum Gasteiger partial charge on any atom is 0.0530 e. The van der Waals surface area contributed by atoms with Gasteiger partial charge in [-0.05, 0) is 30.7 Å². The van der Waals surface area contributed by atoms with Gasteiger partial charge in [-0.2, -0.15) is 0 Å². The van der Waals surface area contributed by atoms with Crippen molar-refractivity contribution in [1.82, 2.24) is 0 Å². The molecule has 2 nitrogen and oxygen atoms in total. The summed E-state index contributed by atoms with van der Waals surface area (Å²) in [7, 11) is 2.10. The number of hydrogen-bond donors (Lipinski definition) is 1. The molecule has 0 saturated heterocycles. The predicted octanol–water partition coefficient (Wildman–Crippen LogP) is 2.69. The second kappa shape index (κ2) is 3.27. The number of benzene rings is 1. The summed E-state index contributed by atoms with van der Waals surface area (Å²) in [5.41, 5.74) is 10.5. The molecule has 1 aliphatic carbocycles. The van der Waals surface area contributed by atoms with Gasteiger partial charge in [-0.3, -0.25) is 0 Å². The Kier molecular flexibility index (Phi) is 1.96. The molecule has 0 amide bonds. The zero-order valence-corrected chi connectivity index (χ0v) is 10.1. The topological polar surface area (TPSA) is 29.3 Å². The van der Waals surface area contributed by atoms with Gasteiger partial charge in [-0.25, -0.2) is 0 Å². The van der Waals surface area contributed by atoms with Crippen molar-refractivity contribution in [2.45, 2.75) is 12.3 Å². The van der Waals surface area contributed by atoms with E-state index in [1.165, 1.54) is 16.9 Å². The molecule has 2 heteroatoms. The highest BCUT2D eigenvalue weighted by Crippen LogP contribution is 2.48. The molecule has 1 atom stereocenters. The molecule has 0 bridgehead atoms. The summed E-state index contributed by atoms with van der Waals surface area (Å²) in [5, 5.41) is 0. The van der Waals surface area contributed by atoms with Crippen LogP contribution in [0.1, 0.15) is 12.5 Å². The Balaban J connectivity index is 2.29. The number of fused-ring (bicyclic) bond motifs is 3. The Morgan fingerprint density at radius 3 is 2.82 bits per heavy atom. The Bertz CT molecular complexity index is 566. The van der Waals surface area contributed by atoms with Crippen LogP contribution in [0.5, 0.6) is 0 Å². The van der Waals surface area contributed by atoms with Crippen molar-refractivity contribution >= 4 is 5.69 Å². The molecular weight excluding hydrogens is 208 g/mol. The fourth-order valence-electron chi connectivity index (χ4n) is 2.80. The first-order chi connectivity index (χ1) is 8.13. The van der Waals surface area contributed by atoms with E-state index in [0.717, 1.165) is 5.70 Å². The minimum atomic E-state index is -0.0665. The van der Waals surface area contributed by atoms with Crippen molar-refractivity contribution in [3.63, 3.8) is 0 Å². The van der Waals surface area contributed by atoms with Gasteiger partial charge in [0.1, 0.15) is 0 Å². The van der Waals surface area contributed by atoms with Gasteiger partial charge in [0.15, 0.2) is 0 Å². The Morgan fingerprint density at radius 1 is 1.24 bits per heavy atom. The number of anilines is 1. The van der Waals surface area contributed by atoms with Crippen LogP contribution < -0.4 is 10.6 Å². The van der Waals surface area contributed by atoms with Crippen molar-refractivity contribution in [1.29, 1.82) is 0 Å². The SMILES string of the molecule is CN1C2=CC(N)=CC=CC2(C)c2ccccc21. The molecule has 1 aromatic carbocycles. The molecule has 2 aliphatic rings. The average Bonchev–Trinajstić information content (AvgIpc) is 2.46. The first-order valence-electron chi connectivity index (χ1n) is 5.83. The predicted molar refractivity (Wildman–Crippen MR) is 71.7 cm³/mol.